The Morgan fingerprint density at radius 2 is 2.12 bits per heavy atom. The Morgan fingerprint density at radius 1 is 1.38 bits per heavy atom. The Morgan fingerprint density at radius 3 is 2.79 bits per heavy atom. The predicted octanol–water partition coefficient (Wildman–Crippen LogP) is 1.74. The van der Waals surface area contributed by atoms with Crippen molar-refractivity contribution in [1.82, 2.24) is 14.9 Å². The van der Waals surface area contributed by atoms with Gasteiger partial charge in [-0.05, 0) is 31.5 Å². The highest BCUT2D eigenvalue weighted by molar-refractivity contribution is 8.93. The Hall–Kier alpha value is -2.00. The second-order valence-corrected chi connectivity index (χ2v) is 5.82. The second kappa shape index (κ2) is 7.27. The Kier molecular flexibility index (Phi) is 5.55. The van der Waals surface area contributed by atoms with Crippen molar-refractivity contribution in [1.29, 1.82) is 0 Å². The Labute approximate surface area is 147 Å². The van der Waals surface area contributed by atoms with Crippen LogP contribution in [0.5, 0.6) is 0 Å². The highest BCUT2D eigenvalue weighted by Crippen LogP contribution is 2.25. The number of benzene rings is 1. The van der Waals surface area contributed by atoms with Crippen LogP contribution in [0.1, 0.15) is 25.8 Å². The number of aromatic amines is 1. The van der Waals surface area contributed by atoms with Crippen molar-refractivity contribution in [2.75, 3.05) is 13.1 Å². The van der Waals surface area contributed by atoms with Crippen LogP contribution in [0.3, 0.4) is 0 Å². The van der Waals surface area contributed by atoms with Gasteiger partial charge in [0.1, 0.15) is 0 Å². The van der Waals surface area contributed by atoms with E-state index in [9.17, 15) is 19.7 Å². The van der Waals surface area contributed by atoms with Gasteiger partial charge in [-0.1, -0.05) is 13.3 Å². The number of halogens is 1. The Bertz CT molecular complexity index is 876. The van der Waals surface area contributed by atoms with Crippen LogP contribution in [0.25, 0.3) is 10.9 Å². The number of piperidine rings is 1. The van der Waals surface area contributed by atoms with E-state index in [0.717, 1.165) is 19.5 Å². The lowest BCUT2D eigenvalue weighted by Gasteiger charge is -2.32. The van der Waals surface area contributed by atoms with Gasteiger partial charge in [0.05, 0.1) is 15.8 Å². The second-order valence-electron chi connectivity index (χ2n) is 5.82. The number of hydrogen-bond acceptors (Lipinski definition) is 5. The topological polar surface area (TPSA) is 110 Å². The van der Waals surface area contributed by atoms with Gasteiger partial charge in [-0.25, -0.2) is 4.79 Å². The van der Waals surface area contributed by atoms with Crippen LogP contribution in [-0.2, 0) is 0 Å². The molecule has 24 heavy (non-hydrogen) atoms. The minimum Gasteiger partial charge on any atom is -0.316 e. The average molecular weight is 399 g/mol. The summed E-state index contributed by atoms with van der Waals surface area (Å²) in [4.78, 5) is 38.2. The van der Waals surface area contributed by atoms with Crippen LogP contribution in [0, 0.1) is 16.0 Å². The molecule has 0 saturated carbocycles. The van der Waals surface area contributed by atoms with Gasteiger partial charge in [0.2, 0.25) is 0 Å². The number of nitro benzene ring substituents is 1. The largest absolute Gasteiger partial charge is 0.329 e. The molecule has 1 aliphatic heterocycles. The fourth-order valence-electron chi connectivity index (χ4n) is 3.30. The van der Waals surface area contributed by atoms with Crippen LogP contribution in [0.4, 0.5) is 5.69 Å². The third kappa shape index (κ3) is 3.13. The molecular weight excluding hydrogens is 380 g/mol. The van der Waals surface area contributed by atoms with Gasteiger partial charge in [-0.2, -0.15) is 0 Å². The molecule has 2 N–H and O–H groups in total. The minimum atomic E-state index is -0.548. The summed E-state index contributed by atoms with van der Waals surface area (Å²) in [5, 5.41) is 14.4. The van der Waals surface area contributed by atoms with E-state index in [1.165, 1.54) is 22.8 Å². The number of rotatable bonds is 3. The van der Waals surface area contributed by atoms with Gasteiger partial charge in [0.25, 0.3) is 11.2 Å². The molecule has 0 amide bonds. The predicted molar refractivity (Wildman–Crippen MR) is 96.1 cm³/mol. The highest BCUT2D eigenvalue weighted by Gasteiger charge is 2.28. The summed E-state index contributed by atoms with van der Waals surface area (Å²) in [5.74, 6) is 0.179. The van der Waals surface area contributed by atoms with Gasteiger partial charge >= 0.3 is 5.69 Å². The third-order valence-electron chi connectivity index (χ3n) is 4.55. The lowest BCUT2D eigenvalue weighted by atomic mass is 9.91. The molecule has 0 aliphatic carbocycles. The van der Waals surface area contributed by atoms with Crippen molar-refractivity contribution in [3.8, 4) is 0 Å². The fourth-order valence-corrected chi connectivity index (χ4v) is 3.30. The zero-order valence-corrected chi connectivity index (χ0v) is 14.9. The number of nitrogens with zero attached hydrogens (tertiary/aromatic N) is 2. The van der Waals surface area contributed by atoms with Gasteiger partial charge in [0.15, 0.2) is 0 Å². The minimum absolute atomic E-state index is 0. The maximum absolute atomic E-state index is 12.8. The van der Waals surface area contributed by atoms with Crippen LogP contribution in [-0.4, -0.2) is 27.6 Å². The van der Waals surface area contributed by atoms with Crippen LogP contribution >= 0.6 is 17.0 Å². The molecule has 0 bridgehead atoms. The van der Waals surface area contributed by atoms with Crippen molar-refractivity contribution in [3.05, 3.63) is 49.2 Å². The van der Waals surface area contributed by atoms with E-state index in [1.54, 1.807) is 0 Å². The first-order chi connectivity index (χ1) is 11.0. The zero-order valence-electron chi connectivity index (χ0n) is 13.2. The SMILES string of the molecule is Br.CCC1CNCCC1n1c(=O)[nH]c2ccc([N+](=O)[O-])cc2c1=O. The van der Waals surface area contributed by atoms with Crippen LogP contribution in [0.2, 0.25) is 0 Å². The van der Waals surface area contributed by atoms with E-state index >= 15 is 0 Å². The van der Waals surface area contributed by atoms with Crippen molar-refractivity contribution >= 4 is 33.6 Å². The van der Waals surface area contributed by atoms with Gasteiger partial charge < -0.3 is 10.3 Å². The molecule has 1 fully saturated rings. The molecule has 2 heterocycles. The standard InChI is InChI=1S/C15H18N4O4.BrH/c1-2-9-8-16-6-5-13(9)18-14(20)11-7-10(19(22)23)3-4-12(11)17-15(18)21;/h3-4,7,9,13,16H,2,5-6,8H2,1H3,(H,17,21);1H. The first-order valence-corrected chi connectivity index (χ1v) is 7.66. The highest BCUT2D eigenvalue weighted by atomic mass is 79.9. The monoisotopic (exact) mass is 398 g/mol. The molecular formula is C15H19BrN4O4. The third-order valence-corrected chi connectivity index (χ3v) is 4.55. The number of H-pyrrole nitrogens is 1. The number of fused-ring (bicyclic) bond motifs is 1. The number of hydrogen-bond donors (Lipinski definition) is 2. The molecule has 0 spiro atoms. The van der Waals surface area contributed by atoms with E-state index in [4.69, 9.17) is 0 Å². The van der Waals surface area contributed by atoms with E-state index < -0.39 is 16.2 Å². The first kappa shape index (κ1) is 18.3. The summed E-state index contributed by atoms with van der Waals surface area (Å²) < 4.78 is 1.24. The lowest BCUT2D eigenvalue weighted by molar-refractivity contribution is -0.384. The van der Waals surface area contributed by atoms with Crippen molar-refractivity contribution in [2.45, 2.75) is 25.8 Å². The molecule has 8 nitrogen and oxygen atoms in total. The number of nitro groups is 1. The maximum Gasteiger partial charge on any atom is 0.329 e. The quantitative estimate of drug-likeness (QED) is 0.604. The van der Waals surface area contributed by atoms with E-state index in [1.807, 2.05) is 6.92 Å². The Balaban J connectivity index is 0.00000208. The van der Waals surface area contributed by atoms with E-state index in [0.29, 0.717) is 11.9 Å². The molecule has 3 rings (SSSR count). The van der Waals surface area contributed by atoms with E-state index in [-0.39, 0.29) is 40.0 Å². The molecule has 2 atom stereocenters. The smallest absolute Gasteiger partial charge is 0.316 e. The summed E-state index contributed by atoms with van der Waals surface area (Å²) in [5.41, 5.74) is -0.756. The summed E-state index contributed by atoms with van der Waals surface area (Å²) in [6.45, 7) is 3.51. The average Bonchev–Trinajstić information content (AvgIpc) is 2.55. The molecule has 2 unspecified atom stereocenters. The van der Waals surface area contributed by atoms with Crippen molar-refractivity contribution in [2.24, 2.45) is 5.92 Å². The molecule has 130 valence electrons. The summed E-state index contributed by atoms with van der Waals surface area (Å²) in [7, 11) is 0. The zero-order chi connectivity index (χ0) is 16.6. The number of nitrogens with one attached hydrogen (secondary N) is 2. The molecule has 1 aromatic heterocycles. The molecule has 2 aromatic rings. The molecule has 1 aromatic carbocycles. The van der Waals surface area contributed by atoms with Crippen LogP contribution < -0.4 is 16.6 Å². The van der Waals surface area contributed by atoms with Gasteiger partial charge in [0, 0.05) is 18.2 Å². The maximum atomic E-state index is 12.8. The van der Waals surface area contributed by atoms with Gasteiger partial charge in [-0.3, -0.25) is 19.5 Å². The van der Waals surface area contributed by atoms with E-state index in [2.05, 4.69) is 10.3 Å². The molecule has 9 heteroatoms. The number of aromatic nitrogens is 2. The lowest BCUT2D eigenvalue weighted by Crippen LogP contribution is -2.46. The molecule has 1 saturated heterocycles. The molecule has 0 radical (unpaired) electrons. The van der Waals surface area contributed by atoms with Crippen molar-refractivity contribution < 1.29 is 4.92 Å². The fraction of sp³-hybridized carbons (Fsp3) is 0.467. The summed E-state index contributed by atoms with van der Waals surface area (Å²) in [6.07, 6.45) is 1.53. The molecule has 1 aliphatic rings. The van der Waals surface area contributed by atoms with Crippen molar-refractivity contribution in [3.63, 3.8) is 0 Å². The normalized spacial score (nSPS) is 20.5. The summed E-state index contributed by atoms with van der Waals surface area (Å²) in [6, 6.07) is 3.72. The summed E-state index contributed by atoms with van der Waals surface area (Å²) >= 11 is 0. The number of non-ortho nitro benzene ring substituents is 1. The van der Waals surface area contributed by atoms with Gasteiger partial charge in [-0.15, -0.1) is 17.0 Å². The van der Waals surface area contributed by atoms with Crippen LogP contribution in [0.15, 0.2) is 27.8 Å². The first-order valence-electron chi connectivity index (χ1n) is 7.66.